The molecule has 0 saturated carbocycles. The fourth-order valence-corrected chi connectivity index (χ4v) is 1.55. The third-order valence-electron chi connectivity index (χ3n) is 2.48. The molecule has 2 unspecified atom stereocenters. The zero-order valence-electron chi connectivity index (χ0n) is 8.11. The molecule has 0 spiro atoms. The van der Waals surface area contributed by atoms with E-state index in [2.05, 4.69) is 4.74 Å². The highest BCUT2D eigenvalue weighted by Gasteiger charge is 2.34. The highest BCUT2D eigenvalue weighted by atomic mass is 19.1. The molecule has 1 N–H and O–H groups in total. The van der Waals surface area contributed by atoms with Crippen molar-refractivity contribution in [1.82, 2.24) is 0 Å². The summed E-state index contributed by atoms with van der Waals surface area (Å²) in [6.45, 7) is 1.02. The largest absolute Gasteiger partial charge is 0.467 e. The van der Waals surface area contributed by atoms with Crippen LogP contribution in [-0.2, 0) is 14.3 Å². The van der Waals surface area contributed by atoms with E-state index < -0.39 is 18.2 Å². The summed E-state index contributed by atoms with van der Waals surface area (Å²) in [6.07, 6.45) is -2.05. The number of methoxy groups -OCH3 is 1. The number of hydrogen-bond donors (Lipinski definition) is 1. The molecule has 0 amide bonds. The van der Waals surface area contributed by atoms with Gasteiger partial charge in [0.15, 0.2) is 0 Å². The molecule has 1 aliphatic heterocycles. The molecule has 14 heavy (non-hydrogen) atoms. The third-order valence-corrected chi connectivity index (χ3v) is 2.48. The van der Waals surface area contributed by atoms with Crippen molar-refractivity contribution in [2.75, 3.05) is 20.3 Å². The smallest absolute Gasteiger partial charge is 0.343 e. The maximum absolute atomic E-state index is 13.2. The van der Waals surface area contributed by atoms with E-state index in [1.165, 1.54) is 0 Å². The maximum Gasteiger partial charge on any atom is 0.343 e. The first-order valence-electron chi connectivity index (χ1n) is 4.64. The summed E-state index contributed by atoms with van der Waals surface area (Å²) < 4.78 is 22.5. The van der Waals surface area contributed by atoms with Gasteiger partial charge < -0.3 is 14.6 Å². The molecule has 2 atom stereocenters. The molecular weight excluding hydrogens is 191 g/mol. The molecule has 0 aromatic heterocycles. The number of aliphatic hydroxyl groups is 1. The van der Waals surface area contributed by atoms with Gasteiger partial charge in [0.2, 0.25) is 6.17 Å². The lowest BCUT2D eigenvalue weighted by molar-refractivity contribution is -0.153. The third kappa shape index (κ3) is 2.65. The van der Waals surface area contributed by atoms with Gasteiger partial charge in [-0.15, -0.1) is 0 Å². The van der Waals surface area contributed by atoms with Crippen molar-refractivity contribution in [3.05, 3.63) is 0 Å². The lowest BCUT2D eigenvalue weighted by Crippen LogP contribution is -2.39. The quantitative estimate of drug-likeness (QED) is 0.674. The van der Waals surface area contributed by atoms with Crippen LogP contribution in [0, 0.1) is 5.92 Å². The van der Waals surface area contributed by atoms with Gasteiger partial charge in [0.05, 0.1) is 13.2 Å². The van der Waals surface area contributed by atoms with Gasteiger partial charge in [0.1, 0.15) is 0 Å². The number of halogens is 1. The monoisotopic (exact) mass is 206 g/mol. The second kappa shape index (κ2) is 5.26. The molecule has 1 aliphatic rings. The van der Waals surface area contributed by atoms with Crippen LogP contribution in [0.5, 0.6) is 0 Å². The molecule has 1 fully saturated rings. The van der Waals surface area contributed by atoms with E-state index in [4.69, 9.17) is 4.74 Å². The Morgan fingerprint density at radius 1 is 1.57 bits per heavy atom. The van der Waals surface area contributed by atoms with E-state index in [0.29, 0.717) is 26.1 Å². The van der Waals surface area contributed by atoms with Crippen molar-refractivity contribution >= 4 is 5.97 Å². The Morgan fingerprint density at radius 3 is 2.64 bits per heavy atom. The van der Waals surface area contributed by atoms with Crippen molar-refractivity contribution in [1.29, 1.82) is 0 Å². The molecule has 1 heterocycles. The minimum atomic E-state index is -1.94. The van der Waals surface area contributed by atoms with Crippen LogP contribution in [0.3, 0.4) is 0 Å². The minimum absolute atomic E-state index is 0.210. The molecule has 0 aromatic carbocycles. The van der Waals surface area contributed by atoms with Gasteiger partial charge in [0, 0.05) is 13.2 Å². The van der Waals surface area contributed by atoms with Crippen LogP contribution in [0.4, 0.5) is 4.39 Å². The minimum Gasteiger partial charge on any atom is -0.467 e. The molecule has 82 valence electrons. The lowest BCUT2D eigenvalue weighted by atomic mass is 9.91. The first-order valence-corrected chi connectivity index (χ1v) is 4.64. The highest BCUT2D eigenvalue weighted by Crippen LogP contribution is 2.22. The van der Waals surface area contributed by atoms with Gasteiger partial charge in [-0.05, 0) is 18.8 Å². The normalized spacial score (nSPS) is 22.8. The number of hydrogen-bond acceptors (Lipinski definition) is 4. The molecule has 1 saturated heterocycles. The summed E-state index contributed by atoms with van der Waals surface area (Å²) in [5.41, 5.74) is 0. The van der Waals surface area contributed by atoms with Crippen molar-refractivity contribution in [3.63, 3.8) is 0 Å². The highest BCUT2D eigenvalue weighted by molar-refractivity contribution is 5.75. The molecule has 4 nitrogen and oxygen atoms in total. The van der Waals surface area contributed by atoms with Gasteiger partial charge in [-0.3, -0.25) is 0 Å². The van der Waals surface area contributed by atoms with Crippen LogP contribution < -0.4 is 0 Å². The number of aliphatic hydroxyl groups excluding tert-OH is 1. The van der Waals surface area contributed by atoms with E-state index >= 15 is 0 Å². The van der Waals surface area contributed by atoms with Gasteiger partial charge >= 0.3 is 5.97 Å². The Bertz CT molecular complexity index is 191. The van der Waals surface area contributed by atoms with E-state index in [1.807, 2.05) is 0 Å². The molecular formula is C9H15FO4. The summed E-state index contributed by atoms with van der Waals surface area (Å²) >= 11 is 0. The predicted molar refractivity (Wildman–Crippen MR) is 46.5 cm³/mol. The van der Waals surface area contributed by atoms with Gasteiger partial charge in [0.25, 0.3) is 0 Å². The summed E-state index contributed by atoms with van der Waals surface area (Å²) in [5, 5.41) is 9.51. The Balaban J connectivity index is 2.45. The standard InChI is InChI=1S/C9H15FO4/c1-13-9(12)7(10)8(11)6-2-4-14-5-3-6/h6-8,11H,2-5H2,1H3. The summed E-state index contributed by atoms with van der Waals surface area (Å²) in [6, 6.07) is 0. The number of alkyl halides is 1. The first-order chi connectivity index (χ1) is 6.66. The number of ether oxygens (including phenoxy) is 2. The predicted octanol–water partition coefficient (Wildman–Crippen LogP) is 0.285. The number of rotatable bonds is 3. The molecule has 5 heteroatoms. The molecule has 0 radical (unpaired) electrons. The number of esters is 1. The first kappa shape index (κ1) is 11.4. The molecule has 0 aliphatic carbocycles. The average Bonchev–Trinajstić information content (AvgIpc) is 2.27. The lowest BCUT2D eigenvalue weighted by Gasteiger charge is -2.27. The van der Waals surface area contributed by atoms with Crippen LogP contribution in [-0.4, -0.2) is 43.7 Å². The number of carbonyl (C=O) groups excluding carboxylic acids is 1. The SMILES string of the molecule is COC(=O)C(F)C(O)C1CCOCC1. The Kier molecular flexibility index (Phi) is 4.28. The van der Waals surface area contributed by atoms with E-state index in [9.17, 15) is 14.3 Å². The van der Waals surface area contributed by atoms with Crippen molar-refractivity contribution in [3.8, 4) is 0 Å². The van der Waals surface area contributed by atoms with E-state index in [1.54, 1.807) is 0 Å². The Labute approximate surface area is 82.0 Å². The fraction of sp³-hybridized carbons (Fsp3) is 0.889. The Hall–Kier alpha value is -0.680. The Morgan fingerprint density at radius 2 is 2.14 bits per heavy atom. The second-order valence-electron chi connectivity index (χ2n) is 3.37. The zero-order chi connectivity index (χ0) is 10.6. The van der Waals surface area contributed by atoms with Crippen molar-refractivity contribution in [2.24, 2.45) is 5.92 Å². The second-order valence-corrected chi connectivity index (χ2v) is 3.37. The average molecular weight is 206 g/mol. The van der Waals surface area contributed by atoms with Crippen LogP contribution in [0.15, 0.2) is 0 Å². The van der Waals surface area contributed by atoms with E-state index in [-0.39, 0.29) is 5.92 Å². The summed E-state index contributed by atoms with van der Waals surface area (Å²) in [4.78, 5) is 10.8. The zero-order valence-corrected chi connectivity index (χ0v) is 8.11. The van der Waals surface area contributed by atoms with Crippen LogP contribution in [0.1, 0.15) is 12.8 Å². The van der Waals surface area contributed by atoms with Gasteiger partial charge in [-0.2, -0.15) is 0 Å². The van der Waals surface area contributed by atoms with Crippen molar-refractivity contribution < 1.29 is 23.8 Å². The topological polar surface area (TPSA) is 55.8 Å². The molecule has 1 rings (SSSR count). The number of carbonyl (C=O) groups is 1. The van der Waals surface area contributed by atoms with Gasteiger partial charge in [-0.1, -0.05) is 0 Å². The van der Waals surface area contributed by atoms with Crippen LogP contribution in [0.25, 0.3) is 0 Å². The van der Waals surface area contributed by atoms with Gasteiger partial charge in [-0.25, -0.2) is 9.18 Å². The molecule has 0 bridgehead atoms. The van der Waals surface area contributed by atoms with Crippen molar-refractivity contribution in [2.45, 2.75) is 25.1 Å². The van der Waals surface area contributed by atoms with Crippen LogP contribution >= 0.6 is 0 Å². The summed E-state index contributed by atoms with van der Waals surface area (Å²) in [7, 11) is 1.10. The fourth-order valence-electron chi connectivity index (χ4n) is 1.55. The molecule has 0 aromatic rings. The van der Waals surface area contributed by atoms with Crippen LogP contribution in [0.2, 0.25) is 0 Å². The summed E-state index contributed by atoms with van der Waals surface area (Å²) in [5.74, 6) is -1.22. The van der Waals surface area contributed by atoms with E-state index in [0.717, 1.165) is 7.11 Å². The maximum atomic E-state index is 13.2.